The van der Waals surface area contributed by atoms with Crippen molar-refractivity contribution in [3.05, 3.63) is 39.8 Å². The van der Waals surface area contributed by atoms with Crippen LogP contribution in [0.1, 0.15) is 39.7 Å². The van der Waals surface area contributed by atoms with E-state index in [0.717, 1.165) is 34.6 Å². The van der Waals surface area contributed by atoms with Gasteiger partial charge in [-0.05, 0) is 49.9 Å². The summed E-state index contributed by atoms with van der Waals surface area (Å²) in [6.07, 6.45) is 2.80. The minimum absolute atomic E-state index is 0.122. The number of anilines is 2. The highest BCUT2D eigenvalue weighted by Crippen LogP contribution is 2.38. The normalized spacial score (nSPS) is 17.0. The quantitative estimate of drug-likeness (QED) is 0.725. The molecule has 1 aliphatic carbocycles. The molecule has 1 aromatic carbocycles. The number of rotatable bonds is 4. The number of carbonyl (C=O) groups is 3. The molecule has 0 bridgehead atoms. The zero-order valence-corrected chi connectivity index (χ0v) is 17.2. The number of benzene rings is 1. The number of ether oxygens (including phenoxy) is 1. The standard InChI is InChI=1S/C20H17N3O4S2/c1-10-18(25)22-14-7-11(5-6-16(14)28-10)20(26)27-9-17(24)23-19-13(8-21)12-3-2-4-15(12)29-19/h5-7,10H,2-4,9H2,1H3,(H,22,25)(H,23,24). The van der Waals surface area contributed by atoms with Crippen LogP contribution < -0.4 is 10.6 Å². The van der Waals surface area contributed by atoms with E-state index in [2.05, 4.69) is 16.7 Å². The SMILES string of the molecule is CC1Sc2ccc(C(=O)OCC(=O)Nc3sc4c(c3C#N)CCC4)cc2NC1=O. The van der Waals surface area contributed by atoms with Gasteiger partial charge in [0.25, 0.3) is 5.91 Å². The molecule has 0 saturated heterocycles. The van der Waals surface area contributed by atoms with Crippen molar-refractivity contribution in [1.82, 2.24) is 0 Å². The molecule has 2 heterocycles. The van der Waals surface area contributed by atoms with E-state index in [1.807, 2.05) is 6.92 Å². The van der Waals surface area contributed by atoms with Gasteiger partial charge in [-0.25, -0.2) is 4.79 Å². The maximum absolute atomic E-state index is 12.3. The highest BCUT2D eigenvalue weighted by molar-refractivity contribution is 8.00. The Balaban J connectivity index is 1.38. The van der Waals surface area contributed by atoms with E-state index in [-0.39, 0.29) is 16.7 Å². The minimum Gasteiger partial charge on any atom is -0.452 e. The fourth-order valence-corrected chi connectivity index (χ4v) is 5.51. The second-order valence-corrected chi connectivity index (χ2v) is 9.25. The van der Waals surface area contributed by atoms with Crippen LogP contribution in [0.25, 0.3) is 0 Å². The van der Waals surface area contributed by atoms with Gasteiger partial charge in [0.1, 0.15) is 11.1 Å². The molecule has 29 heavy (non-hydrogen) atoms. The third-order valence-electron chi connectivity index (χ3n) is 4.77. The summed E-state index contributed by atoms with van der Waals surface area (Å²) in [6, 6.07) is 7.06. The van der Waals surface area contributed by atoms with Crippen LogP contribution in [0.5, 0.6) is 0 Å². The van der Waals surface area contributed by atoms with Gasteiger partial charge >= 0.3 is 5.97 Å². The highest BCUT2D eigenvalue weighted by Gasteiger charge is 2.25. The van der Waals surface area contributed by atoms with Crippen molar-refractivity contribution >= 4 is 51.6 Å². The first-order valence-electron chi connectivity index (χ1n) is 9.09. The second kappa shape index (κ2) is 7.89. The third-order valence-corrected chi connectivity index (χ3v) is 7.15. The van der Waals surface area contributed by atoms with E-state index >= 15 is 0 Å². The topological polar surface area (TPSA) is 108 Å². The lowest BCUT2D eigenvalue weighted by molar-refractivity contribution is -0.119. The fraction of sp³-hybridized carbons (Fsp3) is 0.300. The predicted octanol–water partition coefficient (Wildman–Crippen LogP) is 3.34. The first-order valence-corrected chi connectivity index (χ1v) is 10.8. The summed E-state index contributed by atoms with van der Waals surface area (Å²) in [4.78, 5) is 38.3. The molecule has 2 N–H and O–H groups in total. The molecule has 1 aromatic heterocycles. The van der Waals surface area contributed by atoms with Gasteiger partial charge in [0, 0.05) is 9.77 Å². The summed E-state index contributed by atoms with van der Waals surface area (Å²) in [7, 11) is 0. The molecule has 1 atom stereocenters. The Morgan fingerprint density at radius 3 is 3.00 bits per heavy atom. The summed E-state index contributed by atoms with van der Waals surface area (Å²) in [5, 5.41) is 15.1. The van der Waals surface area contributed by atoms with Gasteiger partial charge in [-0.15, -0.1) is 23.1 Å². The molecule has 1 aliphatic heterocycles. The monoisotopic (exact) mass is 427 g/mol. The van der Waals surface area contributed by atoms with Crippen LogP contribution in [0.15, 0.2) is 23.1 Å². The van der Waals surface area contributed by atoms with Crippen molar-refractivity contribution in [2.75, 3.05) is 17.2 Å². The van der Waals surface area contributed by atoms with Gasteiger partial charge in [-0.3, -0.25) is 9.59 Å². The summed E-state index contributed by atoms with van der Waals surface area (Å²) < 4.78 is 5.10. The Bertz CT molecular complexity index is 1070. The average Bonchev–Trinajstić information content (AvgIpc) is 3.27. The maximum Gasteiger partial charge on any atom is 0.338 e. The van der Waals surface area contributed by atoms with Crippen LogP contribution in [0.4, 0.5) is 10.7 Å². The number of nitrogens with zero attached hydrogens (tertiary/aromatic N) is 1. The smallest absolute Gasteiger partial charge is 0.338 e. The Labute approximate surface area is 175 Å². The molecule has 0 radical (unpaired) electrons. The fourth-order valence-electron chi connectivity index (χ4n) is 3.32. The Hall–Kier alpha value is -2.83. The van der Waals surface area contributed by atoms with E-state index in [9.17, 15) is 19.6 Å². The second-order valence-electron chi connectivity index (χ2n) is 6.76. The van der Waals surface area contributed by atoms with Crippen molar-refractivity contribution in [1.29, 1.82) is 5.26 Å². The summed E-state index contributed by atoms with van der Waals surface area (Å²) >= 11 is 2.83. The van der Waals surface area contributed by atoms with E-state index in [1.165, 1.54) is 23.1 Å². The number of amides is 2. The van der Waals surface area contributed by atoms with Gasteiger partial charge in [-0.1, -0.05) is 0 Å². The Morgan fingerprint density at radius 2 is 2.21 bits per heavy atom. The zero-order valence-electron chi connectivity index (χ0n) is 15.5. The van der Waals surface area contributed by atoms with Gasteiger partial charge in [0.05, 0.1) is 22.1 Å². The number of hydrogen-bond donors (Lipinski definition) is 2. The van der Waals surface area contributed by atoms with Crippen molar-refractivity contribution in [2.45, 2.75) is 36.3 Å². The first-order chi connectivity index (χ1) is 14.0. The van der Waals surface area contributed by atoms with Gasteiger partial charge in [0.15, 0.2) is 6.61 Å². The molecule has 4 rings (SSSR count). The minimum atomic E-state index is -0.657. The van der Waals surface area contributed by atoms with Crippen LogP contribution >= 0.6 is 23.1 Å². The largest absolute Gasteiger partial charge is 0.452 e. The lowest BCUT2D eigenvalue weighted by Crippen LogP contribution is -2.26. The number of thiophene rings is 1. The Kier molecular flexibility index (Phi) is 5.30. The number of nitrogens with one attached hydrogen (secondary N) is 2. The Morgan fingerprint density at radius 1 is 1.38 bits per heavy atom. The molecule has 2 amide bonds. The molecular weight excluding hydrogens is 410 g/mol. The van der Waals surface area contributed by atoms with Gasteiger partial charge in [-0.2, -0.15) is 5.26 Å². The van der Waals surface area contributed by atoms with E-state index in [0.29, 0.717) is 16.3 Å². The number of esters is 1. The average molecular weight is 428 g/mol. The maximum atomic E-state index is 12.3. The van der Waals surface area contributed by atoms with E-state index < -0.39 is 18.5 Å². The predicted molar refractivity (Wildman–Crippen MR) is 110 cm³/mol. The highest BCUT2D eigenvalue weighted by atomic mass is 32.2. The van der Waals surface area contributed by atoms with E-state index in [1.54, 1.807) is 18.2 Å². The zero-order chi connectivity index (χ0) is 20.5. The van der Waals surface area contributed by atoms with Gasteiger partial charge < -0.3 is 15.4 Å². The molecule has 0 fully saturated rings. The first kappa shape index (κ1) is 19.5. The van der Waals surface area contributed by atoms with Crippen molar-refractivity contribution in [2.24, 2.45) is 0 Å². The lowest BCUT2D eigenvalue weighted by atomic mass is 10.1. The summed E-state index contributed by atoms with van der Waals surface area (Å²) in [5.41, 5.74) is 2.34. The van der Waals surface area contributed by atoms with Crippen molar-refractivity contribution in [3.8, 4) is 6.07 Å². The van der Waals surface area contributed by atoms with Crippen LogP contribution in [0.3, 0.4) is 0 Å². The van der Waals surface area contributed by atoms with Crippen LogP contribution in [0.2, 0.25) is 0 Å². The number of thioether (sulfide) groups is 1. The van der Waals surface area contributed by atoms with E-state index in [4.69, 9.17) is 4.74 Å². The number of carbonyl (C=O) groups excluding carboxylic acids is 3. The molecular formula is C20H17N3O4S2. The third kappa shape index (κ3) is 3.86. The number of aryl methyl sites for hydroxylation is 1. The van der Waals surface area contributed by atoms with Crippen LogP contribution in [0, 0.1) is 11.3 Å². The number of hydrogen-bond acceptors (Lipinski definition) is 7. The van der Waals surface area contributed by atoms with Crippen molar-refractivity contribution < 1.29 is 19.1 Å². The lowest BCUT2D eigenvalue weighted by Gasteiger charge is -2.21. The van der Waals surface area contributed by atoms with Gasteiger partial charge in [0.2, 0.25) is 5.91 Å². The molecule has 148 valence electrons. The molecule has 0 spiro atoms. The molecule has 1 unspecified atom stereocenters. The molecule has 2 aliphatic rings. The molecule has 7 nitrogen and oxygen atoms in total. The molecule has 9 heteroatoms. The van der Waals surface area contributed by atoms with Crippen LogP contribution in [-0.2, 0) is 27.2 Å². The molecule has 2 aromatic rings. The molecule has 0 saturated carbocycles. The summed E-state index contributed by atoms with van der Waals surface area (Å²) in [6.45, 7) is 1.35. The van der Waals surface area contributed by atoms with Crippen molar-refractivity contribution in [3.63, 3.8) is 0 Å². The summed E-state index contributed by atoms with van der Waals surface area (Å²) in [5.74, 6) is -1.27. The number of nitriles is 1. The van der Waals surface area contributed by atoms with Crippen LogP contribution in [-0.4, -0.2) is 29.6 Å². The number of fused-ring (bicyclic) bond motifs is 2.